The molecule has 1 aromatic heterocycles. The van der Waals surface area contributed by atoms with Gasteiger partial charge in [0.1, 0.15) is 11.4 Å². The minimum absolute atomic E-state index is 0.0410. The number of nitrogens with one attached hydrogen (secondary N) is 2. The predicted molar refractivity (Wildman–Crippen MR) is 121 cm³/mol. The van der Waals surface area contributed by atoms with Crippen molar-refractivity contribution < 1.29 is 14.3 Å². The Morgan fingerprint density at radius 2 is 1.75 bits per heavy atom. The molecule has 6 heteroatoms. The second kappa shape index (κ2) is 7.14. The number of aromatic amines is 1. The SMILES string of the molecule is O=C(c1ccccc1)c1ccc2nc(-c3cccc4c3C(=O)OC43CCNCC3)[nH]c2c1. The number of rotatable bonds is 3. The summed E-state index contributed by atoms with van der Waals surface area (Å²) in [4.78, 5) is 33.8. The first-order valence-electron chi connectivity index (χ1n) is 10.8. The number of nitrogens with zero attached hydrogens (tertiary/aromatic N) is 1. The summed E-state index contributed by atoms with van der Waals surface area (Å²) in [5.74, 6) is 0.266. The van der Waals surface area contributed by atoms with Gasteiger partial charge in [0.15, 0.2) is 5.78 Å². The Balaban J connectivity index is 1.42. The maximum atomic E-state index is 12.9. The molecule has 3 aromatic carbocycles. The highest BCUT2D eigenvalue weighted by Gasteiger charge is 2.47. The number of fused-ring (bicyclic) bond motifs is 3. The van der Waals surface area contributed by atoms with E-state index in [0.717, 1.165) is 48.1 Å². The number of esters is 1. The average Bonchev–Trinajstić information content (AvgIpc) is 3.38. The topological polar surface area (TPSA) is 84.1 Å². The first-order chi connectivity index (χ1) is 15.6. The third-order valence-electron chi connectivity index (χ3n) is 6.49. The van der Waals surface area contributed by atoms with E-state index in [0.29, 0.717) is 22.5 Å². The molecule has 2 aliphatic heterocycles. The van der Waals surface area contributed by atoms with E-state index in [1.54, 1.807) is 18.2 Å². The first kappa shape index (κ1) is 19.0. The van der Waals surface area contributed by atoms with E-state index >= 15 is 0 Å². The molecule has 1 spiro atoms. The maximum absolute atomic E-state index is 12.9. The molecule has 2 aliphatic rings. The minimum atomic E-state index is -0.547. The lowest BCUT2D eigenvalue weighted by molar-refractivity contribution is -0.0241. The number of hydrogen-bond donors (Lipinski definition) is 2. The van der Waals surface area contributed by atoms with Gasteiger partial charge in [-0.3, -0.25) is 4.79 Å². The molecule has 6 rings (SSSR count). The summed E-state index contributed by atoms with van der Waals surface area (Å²) in [6, 6.07) is 20.5. The summed E-state index contributed by atoms with van der Waals surface area (Å²) in [5, 5.41) is 3.33. The van der Waals surface area contributed by atoms with Crippen molar-refractivity contribution in [2.45, 2.75) is 18.4 Å². The normalized spacial score (nSPS) is 16.8. The van der Waals surface area contributed by atoms with Crippen molar-refractivity contribution in [1.82, 2.24) is 15.3 Å². The Bertz CT molecular complexity index is 1370. The van der Waals surface area contributed by atoms with Gasteiger partial charge in [0.05, 0.1) is 16.6 Å². The van der Waals surface area contributed by atoms with E-state index in [2.05, 4.69) is 10.3 Å². The zero-order chi connectivity index (χ0) is 21.7. The van der Waals surface area contributed by atoms with Gasteiger partial charge in [-0.1, -0.05) is 48.5 Å². The standard InChI is InChI=1S/C26H21N3O3/c30-23(16-5-2-1-3-6-16)17-9-10-20-21(15-17)29-24(28-20)18-7-4-8-19-22(18)25(31)32-26(19)11-13-27-14-12-26/h1-10,15,27H,11-14H2,(H,28,29). The van der Waals surface area contributed by atoms with Crippen molar-refractivity contribution in [2.75, 3.05) is 13.1 Å². The van der Waals surface area contributed by atoms with Crippen LogP contribution in [0.1, 0.15) is 44.7 Å². The van der Waals surface area contributed by atoms with Crippen LogP contribution < -0.4 is 5.32 Å². The highest BCUT2D eigenvalue weighted by molar-refractivity contribution is 6.10. The molecule has 0 radical (unpaired) electrons. The Hall–Kier alpha value is -3.77. The van der Waals surface area contributed by atoms with Crippen LogP contribution >= 0.6 is 0 Å². The maximum Gasteiger partial charge on any atom is 0.340 e. The van der Waals surface area contributed by atoms with Crippen molar-refractivity contribution >= 4 is 22.8 Å². The third-order valence-corrected chi connectivity index (χ3v) is 6.49. The first-order valence-corrected chi connectivity index (χ1v) is 10.8. The molecule has 3 heterocycles. The zero-order valence-electron chi connectivity index (χ0n) is 17.4. The molecule has 4 aromatic rings. The predicted octanol–water partition coefficient (Wildman–Crippen LogP) is 4.21. The summed E-state index contributed by atoms with van der Waals surface area (Å²) in [5.41, 5.74) is 4.45. The number of carbonyl (C=O) groups is 2. The summed E-state index contributed by atoms with van der Waals surface area (Å²) in [6.45, 7) is 1.64. The molecule has 0 amide bonds. The van der Waals surface area contributed by atoms with Crippen LogP contribution in [0.25, 0.3) is 22.4 Å². The van der Waals surface area contributed by atoms with Gasteiger partial charge in [0.25, 0.3) is 0 Å². The molecule has 0 bridgehead atoms. The molecular weight excluding hydrogens is 402 g/mol. The van der Waals surface area contributed by atoms with Crippen LogP contribution in [0.5, 0.6) is 0 Å². The van der Waals surface area contributed by atoms with E-state index in [1.165, 1.54) is 0 Å². The van der Waals surface area contributed by atoms with Crippen LogP contribution in [0.3, 0.4) is 0 Å². The zero-order valence-corrected chi connectivity index (χ0v) is 17.4. The molecule has 6 nitrogen and oxygen atoms in total. The van der Waals surface area contributed by atoms with Crippen LogP contribution in [0.2, 0.25) is 0 Å². The fraction of sp³-hybridized carbons (Fsp3) is 0.192. The van der Waals surface area contributed by atoms with E-state index in [9.17, 15) is 9.59 Å². The quantitative estimate of drug-likeness (QED) is 0.381. The van der Waals surface area contributed by atoms with Crippen molar-refractivity contribution in [1.29, 1.82) is 0 Å². The summed E-state index contributed by atoms with van der Waals surface area (Å²) < 4.78 is 5.93. The number of ether oxygens (including phenoxy) is 1. The van der Waals surface area contributed by atoms with Crippen LogP contribution in [0.15, 0.2) is 66.7 Å². The smallest absolute Gasteiger partial charge is 0.340 e. The number of carbonyl (C=O) groups excluding carboxylic acids is 2. The lowest BCUT2D eigenvalue weighted by Crippen LogP contribution is -2.39. The van der Waals surface area contributed by atoms with Crippen molar-refractivity contribution in [2.24, 2.45) is 0 Å². The van der Waals surface area contributed by atoms with Gasteiger partial charge < -0.3 is 15.0 Å². The van der Waals surface area contributed by atoms with Crippen LogP contribution in [-0.4, -0.2) is 34.8 Å². The largest absolute Gasteiger partial charge is 0.450 e. The number of hydrogen-bond acceptors (Lipinski definition) is 5. The summed E-state index contributed by atoms with van der Waals surface area (Å²) in [6.07, 6.45) is 1.53. The molecule has 32 heavy (non-hydrogen) atoms. The van der Waals surface area contributed by atoms with Gasteiger partial charge in [0, 0.05) is 35.1 Å². The summed E-state index contributed by atoms with van der Waals surface area (Å²) >= 11 is 0. The number of piperidine rings is 1. The molecule has 0 atom stereocenters. The molecule has 158 valence electrons. The number of benzene rings is 3. The van der Waals surface area contributed by atoms with Crippen LogP contribution in [0.4, 0.5) is 0 Å². The number of ketones is 1. The van der Waals surface area contributed by atoms with Crippen molar-refractivity contribution in [3.05, 3.63) is 89.0 Å². The second-order valence-corrected chi connectivity index (χ2v) is 8.37. The van der Waals surface area contributed by atoms with Gasteiger partial charge >= 0.3 is 5.97 Å². The molecule has 0 saturated carbocycles. The van der Waals surface area contributed by atoms with Gasteiger partial charge in [-0.25, -0.2) is 9.78 Å². The van der Waals surface area contributed by atoms with E-state index in [-0.39, 0.29) is 11.8 Å². The van der Waals surface area contributed by atoms with Crippen molar-refractivity contribution in [3.8, 4) is 11.4 Å². The lowest BCUT2D eigenvalue weighted by Gasteiger charge is -2.33. The van der Waals surface area contributed by atoms with Crippen molar-refractivity contribution in [3.63, 3.8) is 0 Å². The summed E-state index contributed by atoms with van der Waals surface area (Å²) in [7, 11) is 0. The van der Waals surface area contributed by atoms with E-state index < -0.39 is 5.60 Å². The lowest BCUT2D eigenvalue weighted by atomic mass is 9.83. The Morgan fingerprint density at radius 3 is 2.56 bits per heavy atom. The Labute approximate surface area is 184 Å². The fourth-order valence-electron chi connectivity index (χ4n) is 4.87. The van der Waals surface area contributed by atoms with Crippen LogP contribution in [-0.2, 0) is 10.3 Å². The van der Waals surface area contributed by atoms with Gasteiger partial charge in [0.2, 0.25) is 0 Å². The Kier molecular flexibility index (Phi) is 4.23. The fourth-order valence-corrected chi connectivity index (χ4v) is 4.87. The van der Waals surface area contributed by atoms with E-state index in [4.69, 9.17) is 9.72 Å². The van der Waals surface area contributed by atoms with Crippen LogP contribution in [0, 0.1) is 0 Å². The molecule has 0 aliphatic carbocycles. The Morgan fingerprint density at radius 1 is 0.938 bits per heavy atom. The van der Waals surface area contributed by atoms with Gasteiger partial charge in [-0.05, 0) is 31.3 Å². The molecule has 2 N–H and O–H groups in total. The average molecular weight is 423 g/mol. The number of aromatic nitrogens is 2. The monoisotopic (exact) mass is 423 g/mol. The second-order valence-electron chi connectivity index (χ2n) is 8.37. The van der Waals surface area contributed by atoms with E-state index in [1.807, 2.05) is 48.5 Å². The number of H-pyrrole nitrogens is 1. The highest BCUT2D eigenvalue weighted by atomic mass is 16.6. The molecule has 1 saturated heterocycles. The minimum Gasteiger partial charge on any atom is -0.450 e. The molecule has 1 fully saturated rings. The molecule has 0 unspecified atom stereocenters. The highest BCUT2D eigenvalue weighted by Crippen LogP contribution is 2.45. The number of imidazole rings is 1. The van der Waals surface area contributed by atoms with Gasteiger partial charge in [-0.2, -0.15) is 0 Å². The molecular formula is C26H21N3O3. The van der Waals surface area contributed by atoms with Gasteiger partial charge in [-0.15, -0.1) is 0 Å². The third kappa shape index (κ3) is 2.87.